The zero-order chi connectivity index (χ0) is 81.1. The first-order valence-corrected chi connectivity index (χ1v) is 41.6. The average Bonchev–Trinajstić information content (AvgIpc) is 0.834. The highest BCUT2D eigenvalue weighted by Gasteiger charge is 2.34. The van der Waals surface area contributed by atoms with Crippen LogP contribution in [0.15, 0.2) is 176 Å². The highest BCUT2D eigenvalue weighted by molar-refractivity contribution is 5.83. The number of benzene rings is 7. The van der Waals surface area contributed by atoms with Crippen LogP contribution in [0.4, 0.5) is 4.79 Å². The zero-order valence-corrected chi connectivity index (χ0v) is 67.3. The Kier molecular flexibility index (Phi) is 45.8. The van der Waals surface area contributed by atoms with Gasteiger partial charge in [-0.3, -0.25) is 19.2 Å². The largest absolute Gasteiger partial charge is 0.494 e. The molecule has 0 aliphatic rings. The standard InChI is InChI=1S/C95H119N5O15/c96-69-77-33-39-81(40-34-77)84-45-51-87(52-46-84)109-60-25-16-10-4-1-7-13-19-28-63-112-91(102)57-66-106-74-95(100-90(101)72-99-94(105)115-73-80-31-23-22-24-32-80,75-107-67-58-92(103)113-64-29-20-14-8-2-5-11-17-26-61-110-88-53-47-85(48-54-88)82-41-35-78(70-97)36-42-82)76-108-68-59-93(104)114-65-30-21-15-9-3-6-12-18-27-62-111-89-55-49-86(50-56-89)83-43-37-79(71-98)38-44-83/h22-24,31-56H,1-21,25-30,57-68,72-76H2,(H,99,105)(H,100,101). The summed E-state index contributed by atoms with van der Waals surface area (Å²) >= 11 is 0. The van der Waals surface area contributed by atoms with E-state index < -0.39 is 42.0 Å². The molecule has 0 aromatic heterocycles. The fraction of sp³-hybridized carbons (Fsp3) is 0.474. The Bertz CT molecular complexity index is 3620. The Labute approximate surface area is 681 Å². The molecule has 0 fully saturated rings. The van der Waals surface area contributed by atoms with E-state index in [1.807, 2.05) is 176 Å². The fourth-order valence-electron chi connectivity index (χ4n) is 12.9. The number of ether oxygens (including phenoxy) is 10. The summed E-state index contributed by atoms with van der Waals surface area (Å²) in [7, 11) is 0. The van der Waals surface area contributed by atoms with Gasteiger partial charge < -0.3 is 58.0 Å². The fourth-order valence-corrected chi connectivity index (χ4v) is 12.9. The van der Waals surface area contributed by atoms with Crippen molar-refractivity contribution in [2.75, 3.05) is 85.8 Å². The molecule has 115 heavy (non-hydrogen) atoms. The van der Waals surface area contributed by atoms with Crippen LogP contribution in [0.5, 0.6) is 17.2 Å². The van der Waals surface area contributed by atoms with E-state index in [0.29, 0.717) is 36.5 Å². The van der Waals surface area contributed by atoms with Gasteiger partial charge in [-0.05, 0) is 150 Å². The third-order valence-corrected chi connectivity index (χ3v) is 19.6. The Morgan fingerprint density at radius 3 is 0.835 bits per heavy atom. The summed E-state index contributed by atoms with van der Waals surface area (Å²) in [4.78, 5) is 65.6. The van der Waals surface area contributed by atoms with Gasteiger partial charge in [-0.25, -0.2) is 4.79 Å². The number of unbranched alkanes of at least 4 members (excludes halogenated alkanes) is 24. The molecule has 0 aliphatic carbocycles. The van der Waals surface area contributed by atoms with Crippen LogP contribution < -0.4 is 24.8 Å². The summed E-state index contributed by atoms with van der Waals surface area (Å²) in [5.41, 5.74) is 7.64. The second-order valence-electron chi connectivity index (χ2n) is 29.0. The first-order valence-electron chi connectivity index (χ1n) is 41.6. The second-order valence-corrected chi connectivity index (χ2v) is 29.0. The molecule has 7 rings (SSSR count). The minimum Gasteiger partial charge on any atom is -0.494 e. The van der Waals surface area contributed by atoms with Crippen LogP contribution >= 0.6 is 0 Å². The number of nitriles is 3. The Morgan fingerprint density at radius 2 is 0.557 bits per heavy atom. The van der Waals surface area contributed by atoms with Crippen molar-refractivity contribution in [3.05, 3.63) is 198 Å². The van der Waals surface area contributed by atoms with Crippen LogP contribution in [-0.2, 0) is 58.9 Å². The molecule has 0 radical (unpaired) electrons. The third kappa shape index (κ3) is 40.3. The van der Waals surface area contributed by atoms with Crippen molar-refractivity contribution in [2.45, 2.75) is 205 Å². The van der Waals surface area contributed by atoms with E-state index in [2.05, 4.69) is 28.8 Å². The van der Waals surface area contributed by atoms with E-state index in [9.17, 15) is 24.0 Å². The van der Waals surface area contributed by atoms with E-state index in [1.54, 1.807) is 0 Å². The molecule has 2 amide bonds. The van der Waals surface area contributed by atoms with E-state index >= 15 is 0 Å². The third-order valence-electron chi connectivity index (χ3n) is 19.6. The van der Waals surface area contributed by atoms with Gasteiger partial charge in [0.1, 0.15) is 35.9 Å². The number of esters is 3. The van der Waals surface area contributed by atoms with Gasteiger partial charge in [-0.15, -0.1) is 0 Å². The van der Waals surface area contributed by atoms with Gasteiger partial charge >= 0.3 is 24.0 Å². The molecule has 0 bridgehead atoms. The van der Waals surface area contributed by atoms with Crippen LogP contribution in [0.25, 0.3) is 33.4 Å². The number of rotatable bonds is 62. The van der Waals surface area contributed by atoms with Crippen molar-refractivity contribution in [3.8, 4) is 68.8 Å². The molecule has 0 unspecified atom stereocenters. The minimum absolute atomic E-state index is 0.00819. The van der Waals surface area contributed by atoms with Gasteiger partial charge in [-0.2, -0.15) is 15.8 Å². The van der Waals surface area contributed by atoms with Crippen molar-refractivity contribution in [1.29, 1.82) is 15.8 Å². The van der Waals surface area contributed by atoms with Gasteiger partial charge in [-0.1, -0.05) is 238 Å². The predicted molar refractivity (Wildman–Crippen MR) is 446 cm³/mol. The van der Waals surface area contributed by atoms with Crippen molar-refractivity contribution in [2.24, 2.45) is 0 Å². The summed E-state index contributed by atoms with van der Waals surface area (Å²) in [6.07, 6.45) is 27.0. The van der Waals surface area contributed by atoms with Crippen molar-refractivity contribution < 1.29 is 71.3 Å². The molecule has 7 aromatic rings. The summed E-state index contributed by atoms with van der Waals surface area (Å²) in [6, 6.07) is 62.3. The summed E-state index contributed by atoms with van der Waals surface area (Å²) < 4.78 is 58.4. The molecule has 614 valence electrons. The van der Waals surface area contributed by atoms with Crippen molar-refractivity contribution in [1.82, 2.24) is 10.6 Å². The maximum absolute atomic E-state index is 13.8. The molecule has 0 spiro atoms. The molecule has 0 saturated heterocycles. The quantitative estimate of drug-likeness (QED) is 0.0204. The van der Waals surface area contributed by atoms with Gasteiger partial charge in [0.15, 0.2) is 0 Å². The SMILES string of the molecule is N#Cc1ccc(-c2ccc(OCCCCCCCCCCCOC(=O)CCOCC(COCCC(=O)OCCCCCCCCCCCOc3ccc(-c4ccc(C#N)cc4)cc3)(COCCC(=O)OCCCCCCCCCCCOc3ccc(-c4ccc(C#N)cc4)cc3)NC(=O)CNC(=O)OCc3ccccc3)cc2)cc1. The topological polar surface area (TPSA) is 273 Å². The number of nitrogens with zero attached hydrogens (tertiary/aromatic N) is 3. The maximum atomic E-state index is 13.8. The Balaban J connectivity index is 0.778. The number of alkyl carbamates (subject to hydrolysis) is 1. The summed E-state index contributed by atoms with van der Waals surface area (Å²) in [5.74, 6) is 0.611. The second kappa shape index (κ2) is 57.5. The van der Waals surface area contributed by atoms with Gasteiger partial charge in [0, 0.05) is 0 Å². The number of hydrogen-bond acceptors (Lipinski definition) is 18. The number of hydrogen-bond donors (Lipinski definition) is 2. The lowest BCUT2D eigenvalue weighted by Gasteiger charge is -2.34. The normalized spacial score (nSPS) is 11.0. The first kappa shape index (κ1) is 91.6. The number of carbonyl (C=O) groups is 5. The molecule has 20 heteroatoms. The average molecular weight is 1570 g/mol. The molecule has 20 nitrogen and oxygen atoms in total. The Hall–Kier alpha value is -10.6. The number of amides is 2. The van der Waals surface area contributed by atoms with E-state index in [1.165, 1.54) is 0 Å². The van der Waals surface area contributed by atoms with Gasteiger partial charge in [0.05, 0.1) is 133 Å². The lowest BCUT2D eigenvalue weighted by molar-refractivity contribution is -0.146. The van der Waals surface area contributed by atoms with Crippen molar-refractivity contribution >= 4 is 29.9 Å². The molecular weight excluding hydrogens is 1450 g/mol. The highest BCUT2D eigenvalue weighted by Crippen LogP contribution is 2.27. The maximum Gasteiger partial charge on any atom is 0.407 e. The van der Waals surface area contributed by atoms with Crippen LogP contribution in [0.1, 0.15) is 215 Å². The smallest absolute Gasteiger partial charge is 0.407 e. The lowest BCUT2D eigenvalue weighted by Crippen LogP contribution is -2.60. The predicted octanol–water partition coefficient (Wildman–Crippen LogP) is 20.0. The highest BCUT2D eigenvalue weighted by atomic mass is 16.6. The van der Waals surface area contributed by atoms with E-state index in [0.717, 1.165) is 230 Å². The monoisotopic (exact) mass is 1570 g/mol. The number of carbonyl (C=O) groups excluding carboxylic acids is 5. The first-order chi connectivity index (χ1) is 56.5. The van der Waals surface area contributed by atoms with Crippen LogP contribution in [-0.4, -0.2) is 121 Å². The van der Waals surface area contributed by atoms with Crippen molar-refractivity contribution in [3.63, 3.8) is 0 Å². The van der Waals surface area contributed by atoms with E-state index in [-0.39, 0.29) is 85.3 Å². The zero-order valence-electron chi connectivity index (χ0n) is 67.3. The van der Waals surface area contributed by atoms with Crippen LogP contribution in [0, 0.1) is 34.0 Å². The van der Waals surface area contributed by atoms with Gasteiger partial charge in [0.2, 0.25) is 5.91 Å². The lowest BCUT2D eigenvalue weighted by atomic mass is 10.0. The minimum atomic E-state index is -1.43. The van der Waals surface area contributed by atoms with E-state index in [4.69, 9.17) is 63.2 Å². The molecule has 2 N–H and O–H groups in total. The molecule has 7 aromatic carbocycles. The Morgan fingerprint density at radius 1 is 0.296 bits per heavy atom. The molecule has 0 atom stereocenters. The van der Waals surface area contributed by atoms with Crippen LogP contribution in [0.2, 0.25) is 0 Å². The molecule has 0 heterocycles. The molecular formula is C95H119N5O15. The molecule has 0 saturated carbocycles. The number of nitrogens with one attached hydrogen (secondary N) is 2. The van der Waals surface area contributed by atoms with Crippen LogP contribution in [0.3, 0.4) is 0 Å². The molecule has 0 aliphatic heterocycles. The summed E-state index contributed by atoms with van der Waals surface area (Å²) in [5, 5.41) is 32.7. The summed E-state index contributed by atoms with van der Waals surface area (Å²) in [6.45, 7) is 1.54. The van der Waals surface area contributed by atoms with Gasteiger partial charge in [0.25, 0.3) is 0 Å².